The fourth-order valence-corrected chi connectivity index (χ4v) is 2.48. The Morgan fingerprint density at radius 3 is 2.75 bits per heavy atom. The molecule has 0 saturated heterocycles. The first-order valence-corrected chi connectivity index (χ1v) is 6.32. The maximum atomic E-state index is 5.79. The van der Waals surface area contributed by atoms with Crippen molar-refractivity contribution in [2.75, 3.05) is 0 Å². The van der Waals surface area contributed by atoms with Gasteiger partial charge in [0.1, 0.15) is 6.33 Å². The third-order valence-electron chi connectivity index (χ3n) is 3.30. The normalized spacial score (nSPS) is 19.6. The highest BCUT2D eigenvalue weighted by atomic mass is 14.8. The van der Waals surface area contributed by atoms with Gasteiger partial charge in [0.2, 0.25) is 0 Å². The molecule has 0 radical (unpaired) electrons. The zero-order valence-electron chi connectivity index (χ0n) is 10.0. The largest absolute Gasteiger partial charge is 0.328 e. The first kappa shape index (κ1) is 11.5. The molecule has 3 heteroatoms. The van der Waals surface area contributed by atoms with Crippen LogP contribution in [0.1, 0.15) is 56.3 Å². The third kappa shape index (κ3) is 3.01. The summed E-state index contributed by atoms with van der Waals surface area (Å²) in [4.78, 5) is 8.70. The summed E-state index contributed by atoms with van der Waals surface area (Å²) in [6.07, 6.45) is 9.19. The second-order valence-corrected chi connectivity index (χ2v) is 4.95. The molecule has 88 valence electrons. The first-order chi connectivity index (χ1) is 7.75. The maximum Gasteiger partial charge on any atom is 0.115 e. The van der Waals surface area contributed by atoms with Crippen molar-refractivity contribution in [3.8, 4) is 0 Å². The molecule has 1 aromatic heterocycles. The van der Waals surface area contributed by atoms with Crippen molar-refractivity contribution in [1.29, 1.82) is 0 Å². The van der Waals surface area contributed by atoms with E-state index in [2.05, 4.69) is 16.0 Å². The standard InChI is InChI=1S/C13H21N3/c1-10(14)7-12-8-13(16-9-15-12)11-5-3-2-4-6-11/h8-11H,2-7,14H2,1H3. The van der Waals surface area contributed by atoms with Crippen LogP contribution in [0.5, 0.6) is 0 Å². The quantitative estimate of drug-likeness (QED) is 0.849. The molecule has 1 aliphatic carbocycles. The van der Waals surface area contributed by atoms with Gasteiger partial charge < -0.3 is 5.73 Å². The average molecular weight is 219 g/mol. The highest BCUT2D eigenvalue weighted by molar-refractivity contribution is 5.14. The van der Waals surface area contributed by atoms with E-state index in [-0.39, 0.29) is 6.04 Å². The molecule has 1 saturated carbocycles. The summed E-state index contributed by atoms with van der Waals surface area (Å²) in [6, 6.07) is 2.33. The first-order valence-electron chi connectivity index (χ1n) is 6.32. The predicted octanol–water partition coefficient (Wildman–Crippen LogP) is 2.41. The van der Waals surface area contributed by atoms with Crippen LogP contribution in [0, 0.1) is 0 Å². The summed E-state index contributed by atoms with van der Waals surface area (Å²) < 4.78 is 0. The van der Waals surface area contributed by atoms with Gasteiger partial charge in [-0.15, -0.1) is 0 Å². The van der Waals surface area contributed by atoms with Crippen LogP contribution in [0.15, 0.2) is 12.4 Å². The molecule has 0 bridgehead atoms. The summed E-state index contributed by atoms with van der Waals surface area (Å²) in [5, 5.41) is 0. The summed E-state index contributed by atoms with van der Waals surface area (Å²) in [7, 11) is 0. The SMILES string of the molecule is CC(N)Cc1cc(C2CCCCC2)ncn1. The van der Waals surface area contributed by atoms with Crippen molar-refractivity contribution < 1.29 is 0 Å². The Balaban J connectivity index is 2.08. The van der Waals surface area contributed by atoms with E-state index in [9.17, 15) is 0 Å². The van der Waals surface area contributed by atoms with Gasteiger partial charge in [0.15, 0.2) is 0 Å². The monoisotopic (exact) mass is 219 g/mol. The fourth-order valence-electron chi connectivity index (χ4n) is 2.48. The Morgan fingerprint density at radius 2 is 2.06 bits per heavy atom. The maximum absolute atomic E-state index is 5.79. The molecule has 0 spiro atoms. The van der Waals surface area contributed by atoms with Gasteiger partial charge in [-0.3, -0.25) is 0 Å². The van der Waals surface area contributed by atoms with Crippen molar-refractivity contribution >= 4 is 0 Å². The van der Waals surface area contributed by atoms with Gasteiger partial charge in [-0.25, -0.2) is 9.97 Å². The van der Waals surface area contributed by atoms with Crippen molar-refractivity contribution in [2.24, 2.45) is 5.73 Å². The minimum absolute atomic E-state index is 0.175. The Morgan fingerprint density at radius 1 is 1.31 bits per heavy atom. The molecular formula is C13H21N3. The molecule has 0 aliphatic heterocycles. The topological polar surface area (TPSA) is 51.8 Å². The van der Waals surface area contributed by atoms with Crippen molar-refractivity contribution in [1.82, 2.24) is 9.97 Å². The number of nitrogens with two attached hydrogens (primary N) is 1. The lowest BCUT2D eigenvalue weighted by Gasteiger charge is -2.21. The van der Waals surface area contributed by atoms with Gasteiger partial charge in [-0.1, -0.05) is 19.3 Å². The van der Waals surface area contributed by atoms with Crippen LogP contribution in [-0.4, -0.2) is 16.0 Å². The number of hydrogen-bond donors (Lipinski definition) is 1. The molecule has 1 aliphatic rings. The van der Waals surface area contributed by atoms with Gasteiger partial charge in [-0.2, -0.15) is 0 Å². The highest BCUT2D eigenvalue weighted by Gasteiger charge is 2.17. The number of rotatable bonds is 3. The van der Waals surface area contributed by atoms with E-state index in [1.807, 2.05) is 6.92 Å². The number of aromatic nitrogens is 2. The van der Waals surface area contributed by atoms with Crippen LogP contribution < -0.4 is 5.73 Å². The minimum Gasteiger partial charge on any atom is -0.328 e. The highest BCUT2D eigenvalue weighted by Crippen LogP contribution is 2.31. The summed E-state index contributed by atoms with van der Waals surface area (Å²) in [6.45, 7) is 2.02. The smallest absolute Gasteiger partial charge is 0.115 e. The lowest BCUT2D eigenvalue weighted by molar-refractivity contribution is 0.435. The summed E-state index contributed by atoms with van der Waals surface area (Å²) in [5.41, 5.74) is 8.11. The van der Waals surface area contributed by atoms with Crippen LogP contribution in [-0.2, 0) is 6.42 Å². The molecular weight excluding hydrogens is 198 g/mol. The minimum atomic E-state index is 0.175. The zero-order valence-corrected chi connectivity index (χ0v) is 10.0. The van der Waals surface area contributed by atoms with Gasteiger partial charge >= 0.3 is 0 Å². The van der Waals surface area contributed by atoms with E-state index >= 15 is 0 Å². The molecule has 1 aromatic rings. The average Bonchev–Trinajstić information content (AvgIpc) is 2.30. The second kappa shape index (κ2) is 5.39. The van der Waals surface area contributed by atoms with Crippen molar-refractivity contribution in [2.45, 2.75) is 57.4 Å². The molecule has 1 heterocycles. The van der Waals surface area contributed by atoms with E-state index in [0.717, 1.165) is 12.1 Å². The van der Waals surface area contributed by atoms with E-state index in [4.69, 9.17) is 5.73 Å². The molecule has 1 unspecified atom stereocenters. The van der Waals surface area contributed by atoms with Crippen LogP contribution in [0.2, 0.25) is 0 Å². The van der Waals surface area contributed by atoms with Crippen molar-refractivity contribution in [3.63, 3.8) is 0 Å². The van der Waals surface area contributed by atoms with Crippen LogP contribution in [0.3, 0.4) is 0 Å². The van der Waals surface area contributed by atoms with E-state index in [0.29, 0.717) is 5.92 Å². The molecule has 16 heavy (non-hydrogen) atoms. The molecule has 2 N–H and O–H groups in total. The number of hydrogen-bond acceptors (Lipinski definition) is 3. The van der Waals surface area contributed by atoms with E-state index in [1.165, 1.54) is 37.8 Å². The summed E-state index contributed by atoms with van der Waals surface area (Å²) in [5.74, 6) is 0.656. The Kier molecular flexibility index (Phi) is 3.88. The van der Waals surface area contributed by atoms with E-state index in [1.54, 1.807) is 6.33 Å². The third-order valence-corrected chi connectivity index (χ3v) is 3.30. The lowest BCUT2D eigenvalue weighted by Crippen LogP contribution is -2.19. The Hall–Kier alpha value is -0.960. The predicted molar refractivity (Wildman–Crippen MR) is 65.2 cm³/mol. The van der Waals surface area contributed by atoms with Crippen LogP contribution in [0.4, 0.5) is 0 Å². The lowest BCUT2D eigenvalue weighted by atomic mass is 9.86. The zero-order chi connectivity index (χ0) is 11.4. The van der Waals surface area contributed by atoms with Crippen LogP contribution >= 0.6 is 0 Å². The Bertz CT molecular complexity index is 330. The molecule has 1 atom stereocenters. The fraction of sp³-hybridized carbons (Fsp3) is 0.692. The van der Waals surface area contributed by atoms with Gasteiger partial charge in [0.05, 0.1) is 0 Å². The van der Waals surface area contributed by atoms with Gasteiger partial charge in [0, 0.05) is 29.8 Å². The summed E-state index contributed by atoms with van der Waals surface area (Å²) >= 11 is 0. The van der Waals surface area contributed by atoms with Gasteiger partial charge in [-0.05, 0) is 25.8 Å². The molecule has 0 amide bonds. The van der Waals surface area contributed by atoms with Crippen LogP contribution in [0.25, 0.3) is 0 Å². The molecule has 3 nitrogen and oxygen atoms in total. The van der Waals surface area contributed by atoms with Gasteiger partial charge in [0.25, 0.3) is 0 Å². The molecule has 2 rings (SSSR count). The number of nitrogens with zero attached hydrogens (tertiary/aromatic N) is 2. The molecule has 1 fully saturated rings. The second-order valence-electron chi connectivity index (χ2n) is 4.95. The Labute approximate surface area is 97.5 Å². The van der Waals surface area contributed by atoms with Crippen molar-refractivity contribution in [3.05, 3.63) is 23.8 Å². The molecule has 0 aromatic carbocycles. The van der Waals surface area contributed by atoms with E-state index < -0.39 is 0 Å².